The molecule has 0 heterocycles. The van der Waals surface area contributed by atoms with Gasteiger partial charge in [-0.2, -0.15) is 0 Å². The van der Waals surface area contributed by atoms with Crippen molar-refractivity contribution in [2.24, 2.45) is 22.7 Å². The van der Waals surface area contributed by atoms with Crippen LogP contribution >= 0.6 is 0 Å². The number of hydrogen-bond acceptors (Lipinski definition) is 2. The van der Waals surface area contributed by atoms with E-state index < -0.39 is 0 Å². The van der Waals surface area contributed by atoms with Crippen LogP contribution in [-0.2, 0) is 9.59 Å². The van der Waals surface area contributed by atoms with Crippen molar-refractivity contribution in [3.63, 3.8) is 0 Å². The van der Waals surface area contributed by atoms with Gasteiger partial charge in [0.15, 0.2) is 0 Å². The van der Waals surface area contributed by atoms with Crippen LogP contribution in [0.1, 0.15) is 45.6 Å². The molecule has 0 aromatic heterocycles. The molecule has 1 aromatic rings. The van der Waals surface area contributed by atoms with E-state index in [9.17, 15) is 9.59 Å². The summed E-state index contributed by atoms with van der Waals surface area (Å²) >= 11 is 0. The first-order chi connectivity index (χ1) is 10.3. The van der Waals surface area contributed by atoms with Gasteiger partial charge in [-0.3, -0.25) is 9.59 Å². The van der Waals surface area contributed by atoms with Gasteiger partial charge in [-0.15, -0.1) is 0 Å². The standard InChI is InChI=1S/C19H25NO2/c1-12-5-7-13(8-6-12)20-16(21)11-14-15-9-10-19(4,17(14)22)18(15,2)3/h5-8,14-15H,9-11H2,1-4H3,(H,20,21)/t14-,15-,19+/m1/s1. The van der Waals surface area contributed by atoms with Crippen LogP contribution in [0.4, 0.5) is 5.69 Å². The highest BCUT2D eigenvalue weighted by molar-refractivity contribution is 5.98. The lowest BCUT2D eigenvalue weighted by molar-refractivity contribution is -0.133. The summed E-state index contributed by atoms with van der Waals surface area (Å²) in [6, 6.07) is 7.76. The lowest BCUT2D eigenvalue weighted by Gasteiger charge is -2.32. The molecule has 2 bridgehead atoms. The van der Waals surface area contributed by atoms with Gasteiger partial charge in [0.05, 0.1) is 0 Å². The molecule has 2 saturated carbocycles. The third kappa shape index (κ3) is 2.10. The quantitative estimate of drug-likeness (QED) is 0.918. The van der Waals surface area contributed by atoms with E-state index in [-0.39, 0.29) is 22.7 Å². The van der Waals surface area contributed by atoms with E-state index in [4.69, 9.17) is 0 Å². The summed E-state index contributed by atoms with van der Waals surface area (Å²) in [6.45, 7) is 8.50. The summed E-state index contributed by atoms with van der Waals surface area (Å²) in [5, 5.41) is 2.92. The maximum atomic E-state index is 12.8. The summed E-state index contributed by atoms with van der Waals surface area (Å²) in [5.74, 6) is 0.481. The number of benzene rings is 1. The molecular weight excluding hydrogens is 274 g/mol. The number of Topliss-reactive ketones (excluding diaryl/α,β-unsaturated/α-hetero) is 1. The average Bonchev–Trinajstić information content (AvgIpc) is 2.76. The molecule has 3 atom stereocenters. The van der Waals surface area contributed by atoms with Crippen molar-refractivity contribution in [1.29, 1.82) is 0 Å². The molecule has 22 heavy (non-hydrogen) atoms. The Kier molecular flexibility index (Phi) is 3.42. The number of rotatable bonds is 3. The van der Waals surface area contributed by atoms with Crippen molar-refractivity contribution in [2.45, 2.75) is 47.0 Å². The fraction of sp³-hybridized carbons (Fsp3) is 0.579. The van der Waals surface area contributed by atoms with Crippen LogP contribution in [-0.4, -0.2) is 11.7 Å². The molecule has 2 aliphatic rings. The molecule has 0 radical (unpaired) electrons. The highest BCUT2D eigenvalue weighted by atomic mass is 16.2. The SMILES string of the molecule is Cc1ccc(NC(=O)C[C@H]2C(=O)[C@]3(C)CC[C@H]2C3(C)C)cc1. The van der Waals surface area contributed by atoms with Gasteiger partial charge in [0.2, 0.25) is 5.91 Å². The van der Waals surface area contributed by atoms with Crippen LogP contribution in [0.25, 0.3) is 0 Å². The Morgan fingerprint density at radius 3 is 2.41 bits per heavy atom. The zero-order valence-electron chi connectivity index (χ0n) is 13.9. The molecule has 0 unspecified atom stereocenters. The van der Waals surface area contributed by atoms with Crippen LogP contribution in [0.15, 0.2) is 24.3 Å². The van der Waals surface area contributed by atoms with Gasteiger partial charge in [0.25, 0.3) is 0 Å². The third-order valence-electron chi connectivity index (χ3n) is 6.41. The normalized spacial score (nSPS) is 32.3. The number of hydrogen-bond donors (Lipinski definition) is 1. The number of ketones is 1. The van der Waals surface area contributed by atoms with E-state index in [1.165, 1.54) is 0 Å². The van der Waals surface area contributed by atoms with E-state index in [1.807, 2.05) is 31.2 Å². The first-order valence-corrected chi connectivity index (χ1v) is 8.16. The van der Waals surface area contributed by atoms with Gasteiger partial charge in [-0.05, 0) is 43.2 Å². The minimum Gasteiger partial charge on any atom is -0.326 e. The molecule has 2 aliphatic carbocycles. The lowest BCUT2D eigenvalue weighted by atomic mass is 9.70. The maximum Gasteiger partial charge on any atom is 0.225 e. The largest absolute Gasteiger partial charge is 0.326 e. The lowest BCUT2D eigenvalue weighted by Crippen LogP contribution is -2.34. The van der Waals surface area contributed by atoms with Gasteiger partial charge in [-0.1, -0.05) is 38.5 Å². The van der Waals surface area contributed by atoms with E-state index in [1.54, 1.807) is 0 Å². The molecule has 3 nitrogen and oxygen atoms in total. The Bertz CT molecular complexity index is 617. The van der Waals surface area contributed by atoms with Crippen LogP contribution in [0, 0.1) is 29.6 Å². The maximum absolute atomic E-state index is 12.8. The van der Waals surface area contributed by atoms with E-state index in [0.717, 1.165) is 24.1 Å². The van der Waals surface area contributed by atoms with E-state index in [2.05, 4.69) is 26.1 Å². The van der Waals surface area contributed by atoms with Gasteiger partial charge in [0.1, 0.15) is 5.78 Å². The number of fused-ring (bicyclic) bond motifs is 2. The molecule has 118 valence electrons. The summed E-state index contributed by atoms with van der Waals surface area (Å²) in [4.78, 5) is 25.1. The molecular formula is C19H25NO2. The Hall–Kier alpha value is -1.64. The van der Waals surface area contributed by atoms with Crippen LogP contribution in [0.3, 0.4) is 0 Å². The zero-order chi connectivity index (χ0) is 16.1. The second-order valence-electron chi connectivity index (χ2n) is 7.79. The first kappa shape index (κ1) is 15.3. The van der Waals surface area contributed by atoms with Crippen LogP contribution in [0.5, 0.6) is 0 Å². The number of aryl methyl sites for hydroxylation is 1. The van der Waals surface area contributed by atoms with Gasteiger partial charge in [0, 0.05) is 23.4 Å². The van der Waals surface area contributed by atoms with Gasteiger partial charge in [-0.25, -0.2) is 0 Å². The highest BCUT2D eigenvalue weighted by Gasteiger charge is 2.66. The monoisotopic (exact) mass is 299 g/mol. The number of carbonyl (C=O) groups is 2. The minimum atomic E-state index is -0.244. The molecule has 3 rings (SSSR count). The van der Waals surface area contributed by atoms with Crippen molar-refractivity contribution in [3.8, 4) is 0 Å². The van der Waals surface area contributed by atoms with Crippen LogP contribution in [0.2, 0.25) is 0 Å². The number of nitrogens with one attached hydrogen (secondary N) is 1. The Labute approximate surface area is 132 Å². The second-order valence-corrected chi connectivity index (χ2v) is 7.79. The van der Waals surface area contributed by atoms with E-state index in [0.29, 0.717) is 18.1 Å². The molecule has 2 fully saturated rings. The topological polar surface area (TPSA) is 46.2 Å². The molecule has 0 spiro atoms. The predicted molar refractivity (Wildman–Crippen MR) is 87.5 cm³/mol. The fourth-order valence-corrected chi connectivity index (χ4v) is 4.56. The van der Waals surface area contributed by atoms with E-state index >= 15 is 0 Å². The molecule has 1 aromatic carbocycles. The summed E-state index contributed by atoms with van der Waals surface area (Å²) < 4.78 is 0. The first-order valence-electron chi connectivity index (χ1n) is 8.16. The number of carbonyl (C=O) groups excluding carboxylic acids is 2. The second kappa shape index (κ2) is 4.94. The number of amides is 1. The van der Waals surface area contributed by atoms with Crippen molar-refractivity contribution in [3.05, 3.63) is 29.8 Å². The summed E-state index contributed by atoms with van der Waals surface area (Å²) in [5.41, 5.74) is 1.73. The molecule has 0 aliphatic heterocycles. The smallest absolute Gasteiger partial charge is 0.225 e. The van der Waals surface area contributed by atoms with Crippen molar-refractivity contribution < 1.29 is 9.59 Å². The van der Waals surface area contributed by atoms with Crippen molar-refractivity contribution >= 4 is 17.4 Å². The number of anilines is 1. The molecule has 1 N–H and O–H groups in total. The molecule has 1 amide bonds. The van der Waals surface area contributed by atoms with Crippen molar-refractivity contribution in [1.82, 2.24) is 0 Å². The Morgan fingerprint density at radius 1 is 1.23 bits per heavy atom. The fourth-order valence-electron chi connectivity index (χ4n) is 4.56. The zero-order valence-corrected chi connectivity index (χ0v) is 13.9. The Balaban J connectivity index is 1.70. The summed E-state index contributed by atoms with van der Waals surface area (Å²) in [7, 11) is 0. The summed E-state index contributed by atoms with van der Waals surface area (Å²) in [6.07, 6.45) is 2.35. The van der Waals surface area contributed by atoms with Gasteiger partial charge >= 0.3 is 0 Å². The molecule has 3 heteroatoms. The predicted octanol–water partition coefficient (Wildman–Crippen LogP) is 3.97. The Morgan fingerprint density at radius 2 is 1.86 bits per heavy atom. The minimum absolute atomic E-state index is 0.0128. The average molecular weight is 299 g/mol. The van der Waals surface area contributed by atoms with Crippen molar-refractivity contribution in [2.75, 3.05) is 5.32 Å². The highest BCUT2D eigenvalue weighted by Crippen LogP contribution is 2.66. The van der Waals surface area contributed by atoms with Gasteiger partial charge < -0.3 is 5.32 Å². The third-order valence-corrected chi connectivity index (χ3v) is 6.41. The van der Waals surface area contributed by atoms with Crippen LogP contribution < -0.4 is 5.32 Å². The molecule has 0 saturated heterocycles.